The van der Waals surface area contributed by atoms with Crippen LogP contribution in [0.4, 0.5) is 5.69 Å². The van der Waals surface area contributed by atoms with Gasteiger partial charge in [-0.2, -0.15) is 0 Å². The number of nitrogens with one attached hydrogen (secondary N) is 4. The Kier molecular flexibility index (Phi) is 9.93. The molecule has 0 spiro atoms. The van der Waals surface area contributed by atoms with E-state index in [1.807, 2.05) is 30.3 Å². The summed E-state index contributed by atoms with van der Waals surface area (Å²) in [5.41, 5.74) is 8.91. The maximum atomic E-state index is 12.6. The van der Waals surface area contributed by atoms with E-state index in [0.29, 0.717) is 34.6 Å². The molecule has 4 rings (SSSR count). The van der Waals surface area contributed by atoms with Gasteiger partial charge in [0.15, 0.2) is 0 Å². The van der Waals surface area contributed by atoms with E-state index in [0.717, 1.165) is 42.9 Å². The van der Waals surface area contributed by atoms with Gasteiger partial charge in [-0.3, -0.25) is 4.79 Å². The molecule has 1 heterocycles. The van der Waals surface area contributed by atoms with E-state index in [-0.39, 0.29) is 18.0 Å². The van der Waals surface area contributed by atoms with E-state index in [1.54, 1.807) is 12.1 Å². The molecular weight excluding hydrogens is 493 g/mol. The van der Waals surface area contributed by atoms with E-state index in [9.17, 15) is 4.79 Å². The van der Waals surface area contributed by atoms with Gasteiger partial charge >= 0.3 is 0 Å². The highest BCUT2D eigenvalue weighted by Gasteiger charge is 2.23. The number of anilines is 1. The van der Waals surface area contributed by atoms with E-state index in [2.05, 4.69) is 27.3 Å². The number of carbonyl (C=O) groups excluding carboxylic acids is 1. The molecule has 0 aromatic heterocycles. The molecule has 2 aromatic rings. The van der Waals surface area contributed by atoms with E-state index >= 15 is 0 Å². The molecule has 0 bridgehead atoms. The van der Waals surface area contributed by atoms with Crippen molar-refractivity contribution in [1.82, 2.24) is 16.0 Å². The second kappa shape index (κ2) is 13.3. The summed E-state index contributed by atoms with van der Waals surface area (Å²) in [6, 6.07) is 13.7. The number of halogens is 2. The lowest BCUT2D eigenvalue weighted by atomic mass is 9.91. The van der Waals surface area contributed by atoms with Crippen molar-refractivity contribution in [2.45, 2.75) is 69.5 Å². The minimum Gasteiger partial charge on any atom is -0.368 e. The molecule has 1 unspecified atom stereocenters. The molecule has 36 heavy (non-hydrogen) atoms. The Morgan fingerprint density at radius 2 is 1.81 bits per heavy atom. The summed E-state index contributed by atoms with van der Waals surface area (Å²) in [5.74, 6) is 0.869. The van der Waals surface area contributed by atoms with Crippen molar-refractivity contribution in [2.24, 2.45) is 5.73 Å². The van der Waals surface area contributed by atoms with Gasteiger partial charge in [0.25, 0.3) is 5.91 Å². The van der Waals surface area contributed by atoms with Gasteiger partial charge in [-0.1, -0.05) is 48.5 Å². The normalized spacial score (nSPS) is 22.6. The van der Waals surface area contributed by atoms with Crippen molar-refractivity contribution in [3.05, 3.63) is 75.5 Å². The van der Waals surface area contributed by atoms with Crippen molar-refractivity contribution in [3.63, 3.8) is 0 Å². The average Bonchev–Trinajstić information content (AvgIpc) is 2.87. The van der Waals surface area contributed by atoms with Gasteiger partial charge in [-0.15, -0.1) is 0 Å². The highest BCUT2D eigenvalue weighted by atomic mass is 35.5. The number of rotatable bonds is 9. The summed E-state index contributed by atoms with van der Waals surface area (Å²) in [6.07, 6.45) is 11.0. The zero-order valence-corrected chi connectivity index (χ0v) is 22.2. The van der Waals surface area contributed by atoms with Gasteiger partial charge in [0.05, 0.1) is 0 Å². The summed E-state index contributed by atoms with van der Waals surface area (Å²) < 4.78 is 0. The van der Waals surface area contributed by atoms with Crippen LogP contribution in [0.15, 0.2) is 54.4 Å². The molecule has 8 heteroatoms. The lowest BCUT2D eigenvalue weighted by Gasteiger charge is -2.32. The SMILES string of the molecule is N[C@@H]1CCCC[C@@H]1N/C(=C\C1CCCCN1)Nc1ccc(C(=O)NCCc2ccc(Cl)cc2Cl)cc1. The van der Waals surface area contributed by atoms with E-state index < -0.39 is 0 Å². The Bertz CT molecular complexity index is 1040. The van der Waals surface area contributed by atoms with Gasteiger partial charge in [-0.05, 0) is 86.7 Å². The number of piperidine rings is 1. The number of benzene rings is 2. The predicted octanol–water partition coefficient (Wildman–Crippen LogP) is 5.22. The molecule has 1 saturated carbocycles. The summed E-state index contributed by atoms with van der Waals surface area (Å²) in [7, 11) is 0. The van der Waals surface area contributed by atoms with Crippen LogP contribution in [0.1, 0.15) is 60.9 Å². The molecule has 3 atom stereocenters. The Morgan fingerprint density at radius 3 is 2.53 bits per heavy atom. The van der Waals surface area contributed by atoms with Crippen molar-refractivity contribution < 1.29 is 4.79 Å². The Hall–Kier alpha value is -2.25. The second-order valence-electron chi connectivity index (χ2n) is 9.78. The standard InChI is InChI=1S/C28H37Cl2N5O/c29-21-11-8-19(24(30)17-21)14-16-33-28(36)20-9-12-22(13-10-20)34-27(18-23-5-3-4-15-32-23)35-26-7-2-1-6-25(26)31/h8-13,17-18,23,25-26,32,34-35H,1-7,14-16,31H2,(H,33,36)/b27-18-/t23?,25-,26+/m1/s1. The number of nitrogens with two attached hydrogens (primary N) is 1. The average molecular weight is 531 g/mol. The molecule has 1 amide bonds. The number of hydrogen-bond acceptors (Lipinski definition) is 5. The molecular formula is C28H37Cl2N5O. The topological polar surface area (TPSA) is 91.2 Å². The molecule has 194 valence electrons. The first kappa shape index (κ1) is 26.8. The molecule has 2 aliphatic rings. The number of hydrogen-bond donors (Lipinski definition) is 5. The molecule has 6 nitrogen and oxygen atoms in total. The third-order valence-corrected chi connectivity index (χ3v) is 7.58. The lowest BCUT2D eigenvalue weighted by molar-refractivity contribution is 0.0954. The maximum absolute atomic E-state index is 12.6. The fourth-order valence-corrected chi connectivity index (χ4v) is 5.39. The zero-order chi connectivity index (χ0) is 25.3. The summed E-state index contributed by atoms with van der Waals surface area (Å²) in [5, 5.41) is 15.0. The highest BCUT2D eigenvalue weighted by Crippen LogP contribution is 2.22. The van der Waals surface area contributed by atoms with Gasteiger partial charge in [-0.25, -0.2) is 0 Å². The second-order valence-corrected chi connectivity index (χ2v) is 10.6. The van der Waals surface area contributed by atoms with Gasteiger partial charge in [0, 0.05) is 46.0 Å². The van der Waals surface area contributed by atoms with Crippen LogP contribution in [0, 0.1) is 0 Å². The van der Waals surface area contributed by atoms with Gasteiger partial charge < -0.3 is 27.0 Å². The molecule has 1 aliphatic heterocycles. The van der Waals surface area contributed by atoms with Crippen molar-refractivity contribution in [3.8, 4) is 0 Å². The van der Waals surface area contributed by atoms with Crippen LogP contribution in [0.3, 0.4) is 0 Å². The largest absolute Gasteiger partial charge is 0.368 e. The summed E-state index contributed by atoms with van der Waals surface area (Å²) >= 11 is 12.2. The summed E-state index contributed by atoms with van der Waals surface area (Å²) in [4.78, 5) is 12.6. The lowest BCUT2D eigenvalue weighted by Crippen LogP contribution is -2.48. The van der Waals surface area contributed by atoms with Crippen LogP contribution in [0.25, 0.3) is 0 Å². The van der Waals surface area contributed by atoms with Crippen LogP contribution < -0.4 is 27.0 Å². The number of carbonyl (C=O) groups is 1. The van der Waals surface area contributed by atoms with Crippen LogP contribution in [0.2, 0.25) is 10.0 Å². The van der Waals surface area contributed by atoms with E-state index in [1.165, 1.54) is 25.7 Å². The molecule has 0 radical (unpaired) electrons. The first-order valence-electron chi connectivity index (χ1n) is 13.0. The molecule has 2 aromatic carbocycles. The third kappa shape index (κ3) is 7.87. The molecule has 1 aliphatic carbocycles. The Balaban J connectivity index is 1.35. The van der Waals surface area contributed by atoms with Gasteiger partial charge in [0.2, 0.25) is 0 Å². The quantitative estimate of drug-likeness (QED) is 0.307. The fourth-order valence-electron chi connectivity index (χ4n) is 4.88. The van der Waals surface area contributed by atoms with Crippen LogP contribution in [0.5, 0.6) is 0 Å². The van der Waals surface area contributed by atoms with E-state index in [4.69, 9.17) is 28.9 Å². The van der Waals surface area contributed by atoms with Crippen molar-refractivity contribution in [1.29, 1.82) is 0 Å². The first-order valence-corrected chi connectivity index (χ1v) is 13.8. The third-order valence-electron chi connectivity index (χ3n) is 7.00. The van der Waals surface area contributed by atoms with Crippen LogP contribution >= 0.6 is 23.2 Å². The monoisotopic (exact) mass is 529 g/mol. The zero-order valence-electron chi connectivity index (χ0n) is 20.7. The minimum absolute atomic E-state index is 0.111. The summed E-state index contributed by atoms with van der Waals surface area (Å²) in [6.45, 7) is 1.54. The maximum Gasteiger partial charge on any atom is 0.251 e. The van der Waals surface area contributed by atoms with Gasteiger partial charge in [0.1, 0.15) is 5.82 Å². The van der Waals surface area contributed by atoms with Crippen molar-refractivity contribution in [2.75, 3.05) is 18.4 Å². The molecule has 6 N–H and O–H groups in total. The Morgan fingerprint density at radius 1 is 1.03 bits per heavy atom. The van der Waals surface area contributed by atoms with Crippen LogP contribution in [-0.4, -0.2) is 37.1 Å². The van der Waals surface area contributed by atoms with Crippen LogP contribution in [-0.2, 0) is 6.42 Å². The Labute approximate surface area is 224 Å². The van der Waals surface area contributed by atoms with Crippen molar-refractivity contribution >= 4 is 34.8 Å². The highest BCUT2D eigenvalue weighted by molar-refractivity contribution is 6.35. The predicted molar refractivity (Wildman–Crippen MR) is 150 cm³/mol. The number of amides is 1. The fraction of sp³-hybridized carbons (Fsp3) is 0.464. The minimum atomic E-state index is -0.111. The first-order chi connectivity index (χ1) is 17.5. The smallest absolute Gasteiger partial charge is 0.251 e. The molecule has 1 saturated heterocycles. The molecule has 2 fully saturated rings.